The van der Waals surface area contributed by atoms with Gasteiger partial charge in [0, 0.05) is 12.1 Å². The number of carbonyl (C=O) groups excluding carboxylic acids is 2. The quantitative estimate of drug-likeness (QED) is 0.469. The van der Waals surface area contributed by atoms with Crippen molar-refractivity contribution in [2.75, 3.05) is 10.6 Å². The Labute approximate surface area is 120 Å². The van der Waals surface area contributed by atoms with Gasteiger partial charge in [0.15, 0.2) is 0 Å². The van der Waals surface area contributed by atoms with Crippen LogP contribution in [0.25, 0.3) is 0 Å². The molecule has 0 radical (unpaired) electrons. The molecule has 0 saturated heterocycles. The van der Waals surface area contributed by atoms with Crippen molar-refractivity contribution in [3.05, 3.63) is 40.5 Å². The SMILES string of the molecule is O=C1Nc2ccc([N+](=O)[O-])cc2NC(=O)C2CC=CCC12. The average molecular weight is 287 g/mol. The van der Waals surface area contributed by atoms with E-state index < -0.39 is 16.8 Å². The normalized spacial score (nSPS) is 24.0. The number of hydrogen-bond acceptors (Lipinski definition) is 4. The molecule has 2 atom stereocenters. The maximum absolute atomic E-state index is 12.3. The molecule has 0 bridgehead atoms. The predicted molar refractivity (Wildman–Crippen MR) is 75.7 cm³/mol. The highest BCUT2D eigenvalue weighted by Gasteiger charge is 2.36. The predicted octanol–water partition coefficient (Wildman–Crippen LogP) is 2.07. The van der Waals surface area contributed by atoms with Crippen LogP contribution in [-0.4, -0.2) is 16.7 Å². The third-order valence-electron chi connectivity index (χ3n) is 3.84. The summed E-state index contributed by atoms with van der Waals surface area (Å²) in [6.07, 6.45) is 4.79. The molecular formula is C14H13N3O4. The van der Waals surface area contributed by atoms with Crippen LogP contribution in [-0.2, 0) is 9.59 Å². The largest absolute Gasteiger partial charge is 0.324 e. The molecule has 2 amide bonds. The summed E-state index contributed by atoms with van der Waals surface area (Å²) in [6, 6.07) is 3.99. The summed E-state index contributed by atoms with van der Waals surface area (Å²) >= 11 is 0. The van der Waals surface area contributed by atoms with Crippen LogP contribution in [0.3, 0.4) is 0 Å². The van der Waals surface area contributed by atoms with Gasteiger partial charge in [-0.3, -0.25) is 19.7 Å². The molecule has 1 heterocycles. The lowest BCUT2D eigenvalue weighted by atomic mass is 9.81. The molecular weight excluding hydrogens is 274 g/mol. The molecule has 0 aromatic heterocycles. The number of fused-ring (bicyclic) bond motifs is 2. The Morgan fingerprint density at radius 3 is 2.14 bits per heavy atom. The Bertz CT molecular complexity index is 668. The molecule has 1 aromatic rings. The maximum Gasteiger partial charge on any atom is 0.271 e. The topological polar surface area (TPSA) is 101 Å². The first-order valence-electron chi connectivity index (χ1n) is 6.61. The van der Waals surface area contributed by atoms with Gasteiger partial charge >= 0.3 is 0 Å². The van der Waals surface area contributed by atoms with Crippen LogP contribution in [0.15, 0.2) is 30.4 Å². The summed E-state index contributed by atoms with van der Waals surface area (Å²) in [7, 11) is 0. The van der Waals surface area contributed by atoms with E-state index in [9.17, 15) is 19.7 Å². The highest BCUT2D eigenvalue weighted by molar-refractivity contribution is 6.06. The number of nitrogens with zero attached hydrogens (tertiary/aromatic N) is 1. The second-order valence-electron chi connectivity index (χ2n) is 5.12. The number of rotatable bonds is 1. The molecule has 2 unspecified atom stereocenters. The van der Waals surface area contributed by atoms with E-state index in [4.69, 9.17) is 0 Å². The number of benzene rings is 1. The van der Waals surface area contributed by atoms with Crippen LogP contribution >= 0.6 is 0 Å². The number of nitro groups is 1. The number of nitro benzene ring substituents is 1. The second-order valence-corrected chi connectivity index (χ2v) is 5.12. The fraction of sp³-hybridized carbons (Fsp3) is 0.286. The highest BCUT2D eigenvalue weighted by Crippen LogP contribution is 2.34. The number of nitrogens with one attached hydrogen (secondary N) is 2. The van der Waals surface area contributed by atoms with E-state index in [0.717, 1.165) is 0 Å². The fourth-order valence-corrected chi connectivity index (χ4v) is 2.70. The Morgan fingerprint density at radius 2 is 1.57 bits per heavy atom. The minimum atomic E-state index is -0.542. The number of carbonyl (C=O) groups is 2. The van der Waals surface area contributed by atoms with E-state index >= 15 is 0 Å². The van der Waals surface area contributed by atoms with E-state index in [0.29, 0.717) is 18.5 Å². The standard InChI is InChI=1S/C14H13N3O4/c18-13-9-3-1-2-4-10(9)14(19)16-12-7-8(17(20)21)5-6-11(12)15-13/h1-2,5-7,9-10H,3-4H2,(H,15,18)(H,16,19). The van der Waals surface area contributed by atoms with E-state index in [1.165, 1.54) is 18.2 Å². The molecule has 0 fully saturated rings. The van der Waals surface area contributed by atoms with Crippen molar-refractivity contribution in [3.8, 4) is 0 Å². The minimum Gasteiger partial charge on any atom is -0.324 e. The van der Waals surface area contributed by atoms with Gasteiger partial charge in [-0.25, -0.2) is 0 Å². The smallest absolute Gasteiger partial charge is 0.271 e. The van der Waals surface area contributed by atoms with Gasteiger partial charge in [-0.15, -0.1) is 0 Å². The van der Waals surface area contributed by atoms with Gasteiger partial charge in [-0.2, -0.15) is 0 Å². The van der Waals surface area contributed by atoms with E-state index in [1.807, 2.05) is 12.2 Å². The van der Waals surface area contributed by atoms with Crippen molar-refractivity contribution in [3.63, 3.8) is 0 Å². The molecule has 21 heavy (non-hydrogen) atoms. The lowest BCUT2D eigenvalue weighted by molar-refractivity contribution is -0.384. The van der Waals surface area contributed by atoms with Gasteiger partial charge in [0.1, 0.15) is 0 Å². The van der Waals surface area contributed by atoms with Crippen molar-refractivity contribution in [1.82, 2.24) is 0 Å². The number of anilines is 2. The second kappa shape index (κ2) is 5.01. The van der Waals surface area contributed by atoms with Crippen LogP contribution in [0.4, 0.5) is 17.1 Å². The van der Waals surface area contributed by atoms with Crippen molar-refractivity contribution in [2.24, 2.45) is 11.8 Å². The summed E-state index contributed by atoms with van der Waals surface area (Å²) < 4.78 is 0. The molecule has 0 saturated carbocycles. The first-order valence-corrected chi connectivity index (χ1v) is 6.61. The fourth-order valence-electron chi connectivity index (χ4n) is 2.70. The lowest BCUT2D eigenvalue weighted by Gasteiger charge is -2.29. The summed E-state index contributed by atoms with van der Waals surface area (Å²) in [5.74, 6) is -1.35. The van der Waals surface area contributed by atoms with Crippen molar-refractivity contribution >= 4 is 28.9 Å². The van der Waals surface area contributed by atoms with Gasteiger partial charge in [0.2, 0.25) is 11.8 Å². The molecule has 0 spiro atoms. The Hall–Kier alpha value is -2.70. The van der Waals surface area contributed by atoms with Gasteiger partial charge in [-0.05, 0) is 18.9 Å². The number of allylic oxidation sites excluding steroid dienone is 2. The zero-order valence-electron chi connectivity index (χ0n) is 11.0. The van der Waals surface area contributed by atoms with E-state index in [2.05, 4.69) is 10.6 Å². The first-order chi connectivity index (χ1) is 10.1. The van der Waals surface area contributed by atoms with Gasteiger partial charge in [0.05, 0.1) is 28.1 Å². The molecule has 2 N–H and O–H groups in total. The zero-order chi connectivity index (χ0) is 15.0. The third kappa shape index (κ3) is 2.37. The van der Waals surface area contributed by atoms with Crippen molar-refractivity contribution in [2.45, 2.75) is 12.8 Å². The van der Waals surface area contributed by atoms with Gasteiger partial charge in [0.25, 0.3) is 5.69 Å². The Balaban J connectivity index is 2.01. The molecule has 1 aromatic carbocycles. The molecule has 2 aliphatic rings. The Kier molecular flexibility index (Phi) is 3.17. The van der Waals surface area contributed by atoms with Crippen molar-refractivity contribution < 1.29 is 14.5 Å². The molecule has 7 heteroatoms. The van der Waals surface area contributed by atoms with Gasteiger partial charge in [-0.1, -0.05) is 12.2 Å². The number of non-ortho nitro benzene ring substituents is 1. The number of hydrogen-bond donors (Lipinski definition) is 2. The summed E-state index contributed by atoms with van der Waals surface area (Å²) in [5.41, 5.74) is 0.506. The van der Waals surface area contributed by atoms with Gasteiger partial charge < -0.3 is 10.6 Å². The Morgan fingerprint density at radius 1 is 1.00 bits per heavy atom. The summed E-state index contributed by atoms with van der Waals surface area (Å²) in [4.78, 5) is 34.8. The van der Waals surface area contributed by atoms with E-state index in [-0.39, 0.29) is 23.2 Å². The van der Waals surface area contributed by atoms with Crippen LogP contribution < -0.4 is 10.6 Å². The van der Waals surface area contributed by atoms with Crippen LogP contribution in [0.2, 0.25) is 0 Å². The average Bonchev–Trinajstić information content (AvgIpc) is 2.47. The monoisotopic (exact) mass is 287 g/mol. The van der Waals surface area contributed by atoms with Crippen LogP contribution in [0.1, 0.15) is 12.8 Å². The highest BCUT2D eigenvalue weighted by atomic mass is 16.6. The van der Waals surface area contributed by atoms with Crippen LogP contribution in [0.5, 0.6) is 0 Å². The number of amides is 2. The molecule has 3 rings (SSSR count). The third-order valence-corrected chi connectivity index (χ3v) is 3.84. The summed E-state index contributed by atoms with van der Waals surface area (Å²) in [5, 5.41) is 16.2. The molecule has 1 aliphatic heterocycles. The minimum absolute atomic E-state index is 0.135. The van der Waals surface area contributed by atoms with Crippen molar-refractivity contribution in [1.29, 1.82) is 0 Å². The van der Waals surface area contributed by atoms with Crippen LogP contribution in [0, 0.1) is 22.0 Å². The molecule has 7 nitrogen and oxygen atoms in total. The van der Waals surface area contributed by atoms with E-state index in [1.54, 1.807) is 0 Å². The molecule has 1 aliphatic carbocycles. The first kappa shape index (κ1) is 13.3. The maximum atomic E-state index is 12.3. The zero-order valence-corrected chi connectivity index (χ0v) is 11.0. The summed E-state index contributed by atoms with van der Waals surface area (Å²) in [6.45, 7) is 0. The lowest BCUT2D eigenvalue weighted by Crippen LogP contribution is -2.39. The molecule has 108 valence electrons.